The summed E-state index contributed by atoms with van der Waals surface area (Å²) in [6.45, 7) is 4.84. The summed E-state index contributed by atoms with van der Waals surface area (Å²) in [5.74, 6) is 0.529. The summed E-state index contributed by atoms with van der Waals surface area (Å²) in [6.07, 6.45) is 3.65. The number of fused-ring (bicyclic) bond motifs is 1. The zero-order chi connectivity index (χ0) is 17.8. The minimum atomic E-state index is -0.202. The number of unbranched alkanes of at least 4 members (excludes halogenated alkanes) is 1. The third-order valence-corrected chi connectivity index (χ3v) is 4.36. The van der Waals surface area contributed by atoms with E-state index >= 15 is 0 Å². The molecule has 0 bridgehead atoms. The van der Waals surface area contributed by atoms with E-state index in [0.717, 1.165) is 25.1 Å². The first-order valence-electron chi connectivity index (χ1n) is 8.01. The molecule has 3 heterocycles. The maximum absolute atomic E-state index is 12.2. The maximum Gasteiger partial charge on any atom is 0.246 e. The van der Waals surface area contributed by atoms with Gasteiger partial charge in [0.15, 0.2) is 22.1 Å². The largest absolute Gasteiger partial charge is 0.368 e. The van der Waals surface area contributed by atoms with Gasteiger partial charge in [0.2, 0.25) is 11.9 Å². The summed E-state index contributed by atoms with van der Waals surface area (Å²) in [5.41, 5.74) is 7.80. The van der Waals surface area contributed by atoms with Crippen molar-refractivity contribution in [1.29, 1.82) is 0 Å². The van der Waals surface area contributed by atoms with Gasteiger partial charge in [0, 0.05) is 11.9 Å². The van der Waals surface area contributed by atoms with Gasteiger partial charge in [-0.2, -0.15) is 9.97 Å². The highest BCUT2D eigenvalue weighted by atomic mass is 32.1. The highest BCUT2D eigenvalue weighted by Crippen LogP contribution is 2.20. The lowest BCUT2D eigenvalue weighted by atomic mass is 10.3. The van der Waals surface area contributed by atoms with Gasteiger partial charge in [-0.1, -0.05) is 13.3 Å². The average Bonchev–Trinajstić information content (AvgIpc) is 3.14. The molecule has 0 fully saturated rings. The topological polar surface area (TPSA) is 124 Å². The molecule has 0 saturated heterocycles. The number of carbonyl (C=O) groups is 1. The Morgan fingerprint density at radius 3 is 2.92 bits per heavy atom. The molecular formula is C15H20N8OS. The molecule has 3 rings (SSSR count). The molecule has 0 radical (unpaired) electrons. The van der Waals surface area contributed by atoms with Gasteiger partial charge in [0.1, 0.15) is 6.54 Å². The number of nitrogens with two attached hydrogens (primary N) is 1. The summed E-state index contributed by atoms with van der Waals surface area (Å²) in [6, 6.07) is 0. The van der Waals surface area contributed by atoms with Crippen LogP contribution in [0.5, 0.6) is 0 Å². The Bertz CT molecular complexity index is 887. The van der Waals surface area contributed by atoms with Gasteiger partial charge in [-0.25, -0.2) is 9.97 Å². The first kappa shape index (κ1) is 17.1. The first-order chi connectivity index (χ1) is 12.1. The third-order valence-electron chi connectivity index (χ3n) is 3.48. The second-order valence-corrected chi connectivity index (χ2v) is 6.46. The van der Waals surface area contributed by atoms with Crippen molar-refractivity contribution >= 4 is 45.3 Å². The molecule has 0 atom stereocenters. The molecule has 10 heteroatoms. The molecule has 9 nitrogen and oxygen atoms in total. The summed E-state index contributed by atoms with van der Waals surface area (Å²) >= 11 is 1.39. The van der Waals surface area contributed by atoms with Crippen molar-refractivity contribution in [2.45, 2.75) is 33.2 Å². The van der Waals surface area contributed by atoms with Gasteiger partial charge in [-0.3, -0.25) is 4.79 Å². The number of hydrogen-bond acceptors (Lipinski definition) is 8. The van der Waals surface area contributed by atoms with Crippen LogP contribution in [0.2, 0.25) is 0 Å². The Morgan fingerprint density at radius 2 is 2.20 bits per heavy atom. The number of thiazole rings is 1. The SMILES string of the molecule is CCCCNc1nc(N)nc2c1ncn2CC(=O)Nc1nc(C)cs1. The van der Waals surface area contributed by atoms with Crippen LogP contribution < -0.4 is 16.4 Å². The van der Waals surface area contributed by atoms with E-state index < -0.39 is 0 Å². The van der Waals surface area contributed by atoms with Crippen LogP contribution in [0.25, 0.3) is 11.2 Å². The van der Waals surface area contributed by atoms with Crippen molar-refractivity contribution in [3.05, 3.63) is 17.4 Å². The number of anilines is 3. The number of aromatic nitrogens is 5. The Hall–Kier alpha value is -2.75. The van der Waals surface area contributed by atoms with E-state index in [-0.39, 0.29) is 18.4 Å². The van der Waals surface area contributed by atoms with Gasteiger partial charge in [-0.05, 0) is 13.3 Å². The Kier molecular flexibility index (Phi) is 5.08. The fraction of sp³-hybridized carbons (Fsp3) is 0.400. The number of aryl methyl sites for hydroxylation is 1. The summed E-state index contributed by atoms with van der Waals surface area (Å²) in [7, 11) is 0. The van der Waals surface area contributed by atoms with Crippen LogP contribution in [0.4, 0.5) is 16.9 Å². The molecule has 0 saturated carbocycles. The average molecular weight is 360 g/mol. The fourth-order valence-corrected chi connectivity index (χ4v) is 3.01. The number of nitrogens with one attached hydrogen (secondary N) is 2. The van der Waals surface area contributed by atoms with Gasteiger partial charge in [-0.15, -0.1) is 11.3 Å². The molecule has 1 amide bonds. The molecule has 0 aliphatic carbocycles. The van der Waals surface area contributed by atoms with Crippen molar-refractivity contribution < 1.29 is 4.79 Å². The lowest BCUT2D eigenvalue weighted by Crippen LogP contribution is -2.18. The third kappa shape index (κ3) is 4.02. The smallest absolute Gasteiger partial charge is 0.246 e. The van der Waals surface area contributed by atoms with E-state index in [2.05, 4.69) is 37.5 Å². The van der Waals surface area contributed by atoms with Crippen LogP contribution in [-0.4, -0.2) is 37.0 Å². The van der Waals surface area contributed by atoms with Crippen LogP contribution in [0, 0.1) is 6.92 Å². The second kappa shape index (κ2) is 7.43. The zero-order valence-electron chi connectivity index (χ0n) is 14.1. The van der Waals surface area contributed by atoms with Crippen LogP contribution in [0.15, 0.2) is 11.7 Å². The number of nitrogens with zero attached hydrogens (tertiary/aromatic N) is 5. The van der Waals surface area contributed by atoms with Crippen LogP contribution >= 0.6 is 11.3 Å². The van der Waals surface area contributed by atoms with Gasteiger partial charge in [0.25, 0.3) is 0 Å². The predicted molar refractivity (Wildman–Crippen MR) is 98.6 cm³/mol. The van der Waals surface area contributed by atoms with Crippen LogP contribution in [-0.2, 0) is 11.3 Å². The quantitative estimate of drug-likeness (QED) is 0.551. The second-order valence-electron chi connectivity index (χ2n) is 5.60. The van der Waals surface area contributed by atoms with Crippen molar-refractivity contribution in [3.8, 4) is 0 Å². The van der Waals surface area contributed by atoms with Crippen molar-refractivity contribution in [1.82, 2.24) is 24.5 Å². The van der Waals surface area contributed by atoms with E-state index in [1.54, 1.807) is 10.9 Å². The predicted octanol–water partition coefficient (Wildman–Crippen LogP) is 2.02. The molecule has 3 aromatic rings. The van der Waals surface area contributed by atoms with E-state index in [1.807, 2.05) is 12.3 Å². The number of rotatable bonds is 7. The highest BCUT2D eigenvalue weighted by Gasteiger charge is 2.14. The molecular weight excluding hydrogens is 340 g/mol. The zero-order valence-corrected chi connectivity index (χ0v) is 14.9. The van der Waals surface area contributed by atoms with Crippen molar-refractivity contribution in [2.75, 3.05) is 22.9 Å². The summed E-state index contributed by atoms with van der Waals surface area (Å²) in [5, 5.41) is 8.44. The van der Waals surface area contributed by atoms with E-state index in [1.165, 1.54) is 11.3 Å². The highest BCUT2D eigenvalue weighted by molar-refractivity contribution is 7.13. The number of amides is 1. The molecule has 25 heavy (non-hydrogen) atoms. The molecule has 0 aromatic carbocycles. The van der Waals surface area contributed by atoms with Gasteiger partial charge >= 0.3 is 0 Å². The van der Waals surface area contributed by atoms with E-state index in [4.69, 9.17) is 5.73 Å². The lowest BCUT2D eigenvalue weighted by molar-refractivity contribution is -0.116. The molecule has 0 aliphatic heterocycles. The number of hydrogen-bond donors (Lipinski definition) is 3. The van der Waals surface area contributed by atoms with Gasteiger partial charge < -0.3 is 20.9 Å². The van der Waals surface area contributed by atoms with E-state index in [9.17, 15) is 4.79 Å². The molecule has 0 aliphatic rings. The maximum atomic E-state index is 12.2. The molecule has 4 N–H and O–H groups in total. The molecule has 0 unspecified atom stereocenters. The Morgan fingerprint density at radius 1 is 1.36 bits per heavy atom. The molecule has 132 valence electrons. The Labute approximate surface area is 148 Å². The molecule has 0 spiro atoms. The first-order valence-corrected chi connectivity index (χ1v) is 8.89. The van der Waals surface area contributed by atoms with Crippen molar-refractivity contribution in [2.24, 2.45) is 0 Å². The minimum Gasteiger partial charge on any atom is -0.368 e. The standard InChI is InChI=1S/C15H20N8OS/c1-3-4-5-17-12-11-13(22-14(16)21-12)23(8-18-11)6-10(24)20-15-19-9(2)7-25-15/h7-8H,3-6H2,1-2H3,(H,19,20,24)(H3,16,17,21,22). The van der Waals surface area contributed by atoms with Crippen LogP contribution in [0.3, 0.4) is 0 Å². The van der Waals surface area contributed by atoms with Crippen molar-refractivity contribution in [3.63, 3.8) is 0 Å². The number of imidazole rings is 1. The normalized spacial score (nSPS) is 11.0. The Balaban J connectivity index is 1.78. The summed E-state index contributed by atoms with van der Waals surface area (Å²) < 4.78 is 1.65. The summed E-state index contributed by atoms with van der Waals surface area (Å²) in [4.78, 5) is 29.2. The minimum absolute atomic E-state index is 0.0694. The van der Waals surface area contributed by atoms with E-state index in [0.29, 0.717) is 22.1 Å². The molecule has 3 aromatic heterocycles. The van der Waals surface area contributed by atoms with Gasteiger partial charge in [0.05, 0.1) is 12.0 Å². The fourth-order valence-electron chi connectivity index (χ4n) is 2.31. The lowest BCUT2D eigenvalue weighted by Gasteiger charge is -2.07. The monoisotopic (exact) mass is 360 g/mol. The number of nitrogen functional groups attached to an aromatic ring is 1. The number of carbonyl (C=O) groups excluding carboxylic acids is 1. The van der Waals surface area contributed by atoms with Crippen LogP contribution in [0.1, 0.15) is 25.5 Å².